The SMILES string of the molecule is OCCc1cccc(-n2nccc2C2CC2)c1. The molecule has 1 fully saturated rings. The van der Waals surface area contributed by atoms with E-state index in [1.54, 1.807) is 0 Å². The molecule has 0 radical (unpaired) electrons. The average molecular weight is 228 g/mol. The van der Waals surface area contributed by atoms with E-state index in [9.17, 15) is 0 Å². The molecule has 2 aromatic rings. The van der Waals surface area contributed by atoms with Gasteiger partial charge in [-0.1, -0.05) is 12.1 Å². The molecule has 0 saturated heterocycles. The van der Waals surface area contributed by atoms with E-state index in [1.807, 2.05) is 23.0 Å². The van der Waals surface area contributed by atoms with E-state index in [2.05, 4.69) is 23.3 Å². The topological polar surface area (TPSA) is 38.0 Å². The fourth-order valence-corrected chi connectivity index (χ4v) is 2.19. The van der Waals surface area contributed by atoms with Gasteiger partial charge >= 0.3 is 0 Å². The van der Waals surface area contributed by atoms with Gasteiger partial charge in [-0.2, -0.15) is 5.10 Å². The van der Waals surface area contributed by atoms with Crippen LogP contribution >= 0.6 is 0 Å². The van der Waals surface area contributed by atoms with Gasteiger partial charge in [0.05, 0.1) is 5.69 Å². The molecule has 3 nitrogen and oxygen atoms in total. The summed E-state index contributed by atoms with van der Waals surface area (Å²) < 4.78 is 2.03. The lowest BCUT2D eigenvalue weighted by Gasteiger charge is -2.08. The molecule has 0 bridgehead atoms. The van der Waals surface area contributed by atoms with Crippen LogP contribution in [0.2, 0.25) is 0 Å². The van der Waals surface area contributed by atoms with Crippen molar-refractivity contribution < 1.29 is 5.11 Å². The quantitative estimate of drug-likeness (QED) is 0.871. The summed E-state index contributed by atoms with van der Waals surface area (Å²) in [6, 6.07) is 10.4. The van der Waals surface area contributed by atoms with Crippen molar-refractivity contribution in [3.05, 3.63) is 47.8 Å². The summed E-state index contributed by atoms with van der Waals surface area (Å²) in [5, 5.41) is 13.4. The molecular formula is C14H16N2O. The molecular weight excluding hydrogens is 212 g/mol. The van der Waals surface area contributed by atoms with Crippen LogP contribution in [0.4, 0.5) is 0 Å². The standard InChI is InChI=1S/C14H16N2O/c17-9-7-11-2-1-3-13(10-11)16-14(6-8-15-16)12-4-5-12/h1-3,6,8,10,12,17H,4-5,7,9H2. The lowest BCUT2D eigenvalue weighted by Crippen LogP contribution is -2.02. The first kappa shape index (κ1) is 10.5. The van der Waals surface area contributed by atoms with E-state index in [4.69, 9.17) is 5.11 Å². The van der Waals surface area contributed by atoms with E-state index >= 15 is 0 Å². The van der Waals surface area contributed by atoms with Gasteiger partial charge in [-0.05, 0) is 43.0 Å². The zero-order chi connectivity index (χ0) is 11.7. The number of nitrogens with zero attached hydrogens (tertiary/aromatic N) is 2. The molecule has 88 valence electrons. The number of benzene rings is 1. The highest BCUT2D eigenvalue weighted by Crippen LogP contribution is 2.40. The second-order valence-corrected chi connectivity index (χ2v) is 4.59. The highest BCUT2D eigenvalue weighted by molar-refractivity contribution is 5.38. The molecule has 1 saturated carbocycles. The third kappa shape index (κ3) is 2.11. The lowest BCUT2D eigenvalue weighted by molar-refractivity contribution is 0.299. The number of aliphatic hydroxyl groups is 1. The summed E-state index contributed by atoms with van der Waals surface area (Å²) in [4.78, 5) is 0. The van der Waals surface area contributed by atoms with Crippen molar-refractivity contribution in [1.82, 2.24) is 9.78 Å². The minimum Gasteiger partial charge on any atom is -0.396 e. The number of hydrogen-bond donors (Lipinski definition) is 1. The van der Waals surface area contributed by atoms with Crippen LogP contribution in [-0.4, -0.2) is 21.5 Å². The molecule has 1 aromatic heterocycles. The Hall–Kier alpha value is -1.61. The zero-order valence-electron chi connectivity index (χ0n) is 9.71. The van der Waals surface area contributed by atoms with Gasteiger partial charge in [0.25, 0.3) is 0 Å². The van der Waals surface area contributed by atoms with Crippen molar-refractivity contribution in [2.45, 2.75) is 25.2 Å². The number of rotatable bonds is 4. The number of aromatic nitrogens is 2. The number of hydrogen-bond acceptors (Lipinski definition) is 2. The molecule has 3 heteroatoms. The van der Waals surface area contributed by atoms with Crippen LogP contribution in [0, 0.1) is 0 Å². The Morgan fingerprint density at radius 3 is 2.94 bits per heavy atom. The summed E-state index contributed by atoms with van der Waals surface area (Å²) in [6.07, 6.45) is 5.13. The molecule has 0 amide bonds. The van der Waals surface area contributed by atoms with E-state index in [-0.39, 0.29) is 6.61 Å². The summed E-state index contributed by atoms with van der Waals surface area (Å²) in [5.41, 5.74) is 3.57. The van der Waals surface area contributed by atoms with Crippen LogP contribution in [0.15, 0.2) is 36.5 Å². The van der Waals surface area contributed by atoms with Gasteiger partial charge < -0.3 is 5.11 Å². The second kappa shape index (κ2) is 4.34. The highest BCUT2D eigenvalue weighted by atomic mass is 16.2. The highest BCUT2D eigenvalue weighted by Gasteiger charge is 2.27. The minimum absolute atomic E-state index is 0.193. The predicted molar refractivity (Wildman–Crippen MR) is 66.3 cm³/mol. The maximum atomic E-state index is 8.97. The number of aliphatic hydroxyl groups excluding tert-OH is 1. The maximum Gasteiger partial charge on any atom is 0.0651 e. The van der Waals surface area contributed by atoms with Crippen LogP contribution in [0.3, 0.4) is 0 Å². The van der Waals surface area contributed by atoms with Crippen LogP contribution in [-0.2, 0) is 6.42 Å². The summed E-state index contributed by atoms with van der Waals surface area (Å²) in [5.74, 6) is 0.694. The van der Waals surface area contributed by atoms with Crippen LogP contribution < -0.4 is 0 Å². The maximum absolute atomic E-state index is 8.97. The molecule has 1 heterocycles. The Morgan fingerprint density at radius 2 is 2.18 bits per heavy atom. The molecule has 1 aromatic carbocycles. The molecule has 0 spiro atoms. The van der Waals surface area contributed by atoms with Crippen molar-refractivity contribution >= 4 is 0 Å². The normalized spacial score (nSPS) is 15.1. The zero-order valence-corrected chi connectivity index (χ0v) is 9.71. The van der Waals surface area contributed by atoms with Crippen molar-refractivity contribution in [3.63, 3.8) is 0 Å². The van der Waals surface area contributed by atoms with Crippen molar-refractivity contribution in [3.8, 4) is 5.69 Å². The molecule has 1 aliphatic carbocycles. The monoisotopic (exact) mass is 228 g/mol. The van der Waals surface area contributed by atoms with Gasteiger partial charge in [0.1, 0.15) is 0 Å². The molecule has 3 rings (SSSR count). The first-order valence-electron chi connectivity index (χ1n) is 6.12. The van der Waals surface area contributed by atoms with Crippen molar-refractivity contribution in [2.75, 3.05) is 6.61 Å². The fraction of sp³-hybridized carbons (Fsp3) is 0.357. The molecule has 0 aliphatic heterocycles. The molecule has 17 heavy (non-hydrogen) atoms. The Balaban J connectivity index is 1.96. The molecule has 0 atom stereocenters. The molecule has 1 aliphatic rings. The third-order valence-corrected chi connectivity index (χ3v) is 3.22. The van der Waals surface area contributed by atoms with Gasteiger partial charge in [-0.15, -0.1) is 0 Å². The van der Waals surface area contributed by atoms with Crippen LogP contribution in [0.5, 0.6) is 0 Å². The van der Waals surface area contributed by atoms with Crippen LogP contribution in [0.25, 0.3) is 5.69 Å². The van der Waals surface area contributed by atoms with Crippen LogP contribution in [0.1, 0.15) is 30.0 Å². The van der Waals surface area contributed by atoms with E-state index in [0.717, 1.165) is 11.3 Å². The van der Waals surface area contributed by atoms with Crippen molar-refractivity contribution in [1.29, 1.82) is 0 Å². The molecule has 1 N–H and O–H groups in total. The first-order chi connectivity index (χ1) is 8.38. The largest absolute Gasteiger partial charge is 0.396 e. The Bertz CT molecular complexity index is 514. The predicted octanol–water partition coefficient (Wildman–Crippen LogP) is 2.28. The smallest absolute Gasteiger partial charge is 0.0651 e. The minimum atomic E-state index is 0.193. The fourth-order valence-electron chi connectivity index (χ4n) is 2.19. The van der Waals surface area contributed by atoms with Gasteiger partial charge in [0.2, 0.25) is 0 Å². The van der Waals surface area contributed by atoms with Gasteiger partial charge in [0.15, 0.2) is 0 Å². The van der Waals surface area contributed by atoms with Gasteiger partial charge in [-0.25, -0.2) is 4.68 Å². The van der Waals surface area contributed by atoms with Gasteiger partial charge in [0, 0.05) is 24.4 Å². The average Bonchev–Trinajstić information content (AvgIpc) is 3.08. The summed E-state index contributed by atoms with van der Waals surface area (Å²) in [6.45, 7) is 0.193. The Morgan fingerprint density at radius 1 is 1.29 bits per heavy atom. The Kier molecular flexibility index (Phi) is 2.69. The van der Waals surface area contributed by atoms with E-state index in [0.29, 0.717) is 12.3 Å². The summed E-state index contributed by atoms with van der Waals surface area (Å²) >= 11 is 0. The summed E-state index contributed by atoms with van der Waals surface area (Å²) in [7, 11) is 0. The van der Waals surface area contributed by atoms with Crippen molar-refractivity contribution in [2.24, 2.45) is 0 Å². The van der Waals surface area contributed by atoms with Gasteiger partial charge in [-0.3, -0.25) is 0 Å². The molecule has 0 unspecified atom stereocenters. The third-order valence-electron chi connectivity index (χ3n) is 3.22. The second-order valence-electron chi connectivity index (χ2n) is 4.59. The lowest BCUT2D eigenvalue weighted by atomic mass is 10.1. The van der Waals surface area contributed by atoms with E-state index < -0.39 is 0 Å². The first-order valence-corrected chi connectivity index (χ1v) is 6.12. The Labute approximate surface area is 101 Å². The van der Waals surface area contributed by atoms with E-state index in [1.165, 1.54) is 18.5 Å².